The van der Waals surface area contributed by atoms with Crippen molar-refractivity contribution in [1.82, 2.24) is 14.7 Å². The number of halogens is 3. The van der Waals surface area contributed by atoms with Crippen molar-refractivity contribution in [3.63, 3.8) is 0 Å². The Kier molecular flexibility index (Phi) is 6.41. The molecule has 2 amide bonds. The van der Waals surface area contributed by atoms with Gasteiger partial charge in [0.1, 0.15) is 11.9 Å². The fourth-order valence-electron chi connectivity index (χ4n) is 3.39. The minimum atomic E-state index is -4.78. The summed E-state index contributed by atoms with van der Waals surface area (Å²) >= 11 is 0. The number of morpholine rings is 1. The van der Waals surface area contributed by atoms with Crippen molar-refractivity contribution in [2.75, 3.05) is 25.0 Å². The molecule has 1 aromatic heterocycles. The molecule has 178 valence electrons. The molecule has 12 heteroatoms. The van der Waals surface area contributed by atoms with E-state index in [1.54, 1.807) is 24.3 Å². The highest BCUT2D eigenvalue weighted by Crippen LogP contribution is 2.25. The molecule has 0 unspecified atom stereocenters. The molecule has 1 fully saturated rings. The Morgan fingerprint density at radius 3 is 2.47 bits per heavy atom. The standard InChI is InChI=1S/C22H19F3N4O5/c23-22(24,25)34-18-7-5-17(6-8-18)29-12-15(11-26-29)20(30)27-16-3-1-14(2-4-16)19-13-28(21(31)32)9-10-33-19/h1-8,11-12,19H,9-10,13H2,(H,27,30)(H,31,32)/t19-/m1/s1. The average molecular weight is 476 g/mol. The lowest BCUT2D eigenvalue weighted by atomic mass is 10.1. The van der Waals surface area contributed by atoms with Crippen LogP contribution in [0.3, 0.4) is 0 Å². The number of hydrogen-bond acceptors (Lipinski definition) is 5. The molecule has 2 aromatic carbocycles. The van der Waals surface area contributed by atoms with E-state index in [2.05, 4.69) is 15.2 Å². The van der Waals surface area contributed by atoms with Crippen LogP contribution in [0.1, 0.15) is 22.0 Å². The minimum Gasteiger partial charge on any atom is -0.465 e. The van der Waals surface area contributed by atoms with Gasteiger partial charge in [-0.1, -0.05) is 12.1 Å². The largest absolute Gasteiger partial charge is 0.573 e. The van der Waals surface area contributed by atoms with E-state index in [4.69, 9.17) is 9.84 Å². The number of benzene rings is 2. The summed E-state index contributed by atoms with van der Waals surface area (Å²) in [4.78, 5) is 25.0. The second-order valence-electron chi connectivity index (χ2n) is 7.38. The molecule has 1 aliphatic rings. The first-order chi connectivity index (χ1) is 16.2. The highest BCUT2D eigenvalue weighted by molar-refractivity contribution is 6.04. The summed E-state index contributed by atoms with van der Waals surface area (Å²) in [6, 6.07) is 11.9. The Bertz CT molecular complexity index is 1160. The number of hydrogen-bond donors (Lipinski definition) is 2. The number of rotatable bonds is 5. The molecule has 34 heavy (non-hydrogen) atoms. The lowest BCUT2D eigenvalue weighted by molar-refractivity contribution is -0.274. The smallest absolute Gasteiger partial charge is 0.465 e. The molecule has 1 aliphatic heterocycles. The number of amides is 2. The zero-order valence-electron chi connectivity index (χ0n) is 17.5. The predicted molar refractivity (Wildman–Crippen MR) is 113 cm³/mol. The second-order valence-corrected chi connectivity index (χ2v) is 7.38. The number of alkyl halides is 3. The summed E-state index contributed by atoms with van der Waals surface area (Å²) < 4.78 is 47.7. The number of nitrogens with one attached hydrogen (secondary N) is 1. The van der Waals surface area contributed by atoms with Gasteiger partial charge in [0, 0.05) is 18.4 Å². The molecule has 1 saturated heterocycles. The van der Waals surface area contributed by atoms with Crippen molar-refractivity contribution in [3.05, 3.63) is 72.1 Å². The highest BCUT2D eigenvalue weighted by atomic mass is 19.4. The van der Waals surface area contributed by atoms with Gasteiger partial charge in [-0.25, -0.2) is 9.48 Å². The molecule has 0 saturated carbocycles. The zero-order valence-corrected chi connectivity index (χ0v) is 17.5. The third-order valence-corrected chi connectivity index (χ3v) is 5.06. The molecular weight excluding hydrogens is 457 g/mol. The van der Waals surface area contributed by atoms with Gasteiger partial charge in [-0.05, 0) is 42.0 Å². The molecule has 9 nitrogen and oxygen atoms in total. The number of carboxylic acid groups (broad SMARTS) is 1. The Balaban J connectivity index is 1.38. The summed E-state index contributed by atoms with van der Waals surface area (Å²) in [5.74, 6) is -0.791. The van der Waals surface area contributed by atoms with Crippen molar-refractivity contribution in [3.8, 4) is 11.4 Å². The maximum Gasteiger partial charge on any atom is 0.573 e. The number of ether oxygens (including phenoxy) is 2. The lowest BCUT2D eigenvalue weighted by Crippen LogP contribution is -2.41. The SMILES string of the molecule is O=C(Nc1ccc([C@H]2CN(C(=O)O)CCO2)cc1)c1cnn(-c2ccc(OC(F)(F)F)cc2)c1. The fraction of sp³-hybridized carbons (Fsp3) is 0.227. The van der Waals surface area contributed by atoms with Gasteiger partial charge in [-0.2, -0.15) is 5.10 Å². The first-order valence-electron chi connectivity index (χ1n) is 10.1. The first kappa shape index (κ1) is 23.1. The van der Waals surface area contributed by atoms with Gasteiger partial charge in [0.05, 0.1) is 30.6 Å². The minimum absolute atomic E-state index is 0.226. The van der Waals surface area contributed by atoms with Crippen LogP contribution >= 0.6 is 0 Å². The quantitative estimate of drug-likeness (QED) is 0.575. The molecule has 0 radical (unpaired) electrons. The van der Waals surface area contributed by atoms with Crippen LogP contribution in [0.2, 0.25) is 0 Å². The Hall–Kier alpha value is -4.06. The van der Waals surface area contributed by atoms with Gasteiger partial charge in [-0.15, -0.1) is 13.2 Å². The fourth-order valence-corrected chi connectivity index (χ4v) is 3.39. The summed E-state index contributed by atoms with van der Waals surface area (Å²) in [7, 11) is 0. The van der Waals surface area contributed by atoms with Crippen LogP contribution in [0.25, 0.3) is 5.69 Å². The third-order valence-electron chi connectivity index (χ3n) is 5.06. The predicted octanol–water partition coefficient (Wildman–Crippen LogP) is 4.07. The van der Waals surface area contributed by atoms with E-state index in [0.29, 0.717) is 24.5 Å². The number of anilines is 1. The van der Waals surface area contributed by atoms with Crippen LogP contribution in [0.5, 0.6) is 5.75 Å². The van der Waals surface area contributed by atoms with E-state index in [-0.39, 0.29) is 24.0 Å². The van der Waals surface area contributed by atoms with Crippen molar-refractivity contribution in [2.45, 2.75) is 12.5 Å². The number of carbonyl (C=O) groups is 2. The molecule has 3 aromatic rings. The number of aromatic nitrogens is 2. The Morgan fingerprint density at radius 2 is 1.82 bits per heavy atom. The summed E-state index contributed by atoms with van der Waals surface area (Å²) in [6.07, 6.45) is -3.39. The van der Waals surface area contributed by atoms with E-state index in [9.17, 15) is 22.8 Å². The molecule has 0 spiro atoms. The summed E-state index contributed by atoms with van der Waals surface area (Å²) in [5, 5.41) is 16.0. The molecule has 0 aliphatic carbocycles. The normalized spacial score (nSPS) is 16.2. The van der Waals surface area contributed by atoms with Gasteiger partial charge in [0.15, 0.2) is 0 Å². The van der Waals surface area contributed by atoms with Crippen molar-refractivity contribution in [1.29, 1.82) is 0 Å². The summed E-state index contributed by atoms with van der Waals surface area (Å²) in [5.41, 5.74) is 1.99. The maximum absolute atomic E-state index is 12.6. The number of nitrogens with zero attached hydrogens (tertiary/aromatic N) is 3. The van der Waals surface area contributed by atoms with Crippen molar-refractivity contribution in [2.24, 2.45) is 0 Å². The number of carbonyl (C=O) groups excluding carboxylic acids is 1. The van der Waals surface area contributed by atoms with Gasteiger partial charge in [0.25, 0.3) is 5.91 Å². The van der Waals surface area contributed by atoms with Gasteiger partial charge >= 0.3 is 12.5 Å². The zero-order chi connectivity index (χ0) is 24.3. The maximum atomic E-state index is 12.6. The molecule has 2 N–H and O–H groups in total. The second kappa shape index (κ2) is 9.43. The third kappa shape index (κ3) is 5.64. The molecule has 4 rings (SSSR count). The van der Waals surface area contributed by atoms with E-state index in [1.165, 1.54) is 34.1 Å². The van der Waals surface area contributed by atoms with Crippen LogP contribution in [-0.2, 0) is 4.74 Å². The first-order valence-corrected chi connectivity index (χ1v) is 10.1. The Labute approximate surface area is 191 Å². The van der Waals surface area contributed by atoms with Crippen LogP contribution in [-0.4, -0.2) is 57.8 Å². The van der Waals surface area contributed by atoms with E-state index in [1.807, 2.05) is 0 Å². The van der Waals surface area contributed by atoms with Crippen molar-refractivity contribution >= 4 is 17.7 Å². The van der Waals surface area contributed by atoms with Crippen LogP contribution < -0.4 is 10.1 Å². The van der Waals surface area contributed by atoms with Gasteiger partial charge in [0.2, 0.25) is 0 Å². The summed E-state index contributed by atoms with van der Waals surface area (Å²) in [6.45, 7) is 0.847. The molecule has 1 atom stereocenters. The highest BCUT2D eigenvalue weighted by Gasteiger charge is 2.31. The molecule has 0 bridgehead atoms. The van der Waals surface area contributed by atoms with Gasteiger partial charge < -0.3 is 24.8 Å². The van der Waals surface area contributed by atoms with E-state index in [0.717, 1.165) is 17.7 Å². The lowest BCUT2D eigenvalue weighted by Gasteiger charge is -2.31. The van der Waals surface area contributed by atoms with Crippen LogP contribution in [0.4, 0.5) is 23.7 Å². The van der Waals surface area contributed by atoms with Gasteiger partial charge in [-0.3, -0.25) is 4.79 Å². The Morgan fingerprint density at radius 1 is 1.12 bits per heavy atom. The molecular formula is C22H19F3N4O5. The van der Waals surface area contributed by atoms with Crippen molar-refractivity contribution < 1.29 is 37.3 Å². The van der Waals surface area contributed by atoms with E-state index < -0.39 is 18.4 Å². The van der Waals surface area contributed by atoms with E-state index >= 15 is 0 Å². The van der Waals surface area contributed by atoms with Crippen LogP contribution in [0.15, 0.2) is 60.9 Å². The monoisotopic (exact) mass is 476 g/mol. The van der Waals surface area contributed by atoms with Crippen LogP contribution in [0, 0.1) is 0 Å². The topological polar surface area (TPSA) is 106 Å². The average Bonchev–Trinajstić information content (AvgIpc) is 3.30. The molecule has 2 heterocycles.